The molecule has 0 saturated heterocycles. The van der Waals surface area contributed by atoms with Gasteiger partial charge in [0.25, 0.3) is 0 Å². The Bertz CT molecular complexity index is 511. The van der Waals surface area contributed by atoms with Crippen molar-refractivity contribution in [1.82, 2.24) is 0 Å². The molecule has 0 radical (unpaired) electrons. The Labute approximate surface area is 101 Å². The van der Waals surface area contributed by atoms with Crippen LogP contribution in [0.4, 0.5) is 0 Å². The van der Waals surface area contributed by atoms with Crippen molar-refractivity contribution >= 4 is 13.3 Å². The molecule has 0 saturated carbocycles. The number of benzene rings is 2. The first-order chi connectivity index (χ1) is 8.25. The van der Waals surface area contributed by atoms with E-state index in [0.29, 0.717) is 11.9 Å². The Morgan fingerprint density at radius 1 is 1.06 bits per heavy atom. The Kier molecular flexibility index (Phi) is 3.97. The molecule has 0 fully saturated rings. The summed E-state index contributed by atoms with van der Waals surface area (Å²) in [4.78, 5) is 9.04. The highest BCUT2D eigenvalue weighted by Gasteiger charge is 2.01. The number of hydrogen-bond acceptors (Lipinski definition) is 2. The van der Waals surface area contributed by atoms with Gasteiger partial charge in [0.1, 0.15) is 12.4 Å². The van der Waals surface area contributed by atoms with Gasteiger partial charge in [-0.05, 0) is 29.8 Å². The molecule has 0 bridgehead atoms. The maximum absolute atomic E-state index is 11.0. The van der Waals surface area contributed by atoms with Gasteiger partial charge in [0.05, 0.1) is 0 Å². The number of rotatable bonds is 4. The van der Waals surface area contributed by atoms with Crippen LogP contribution < -0.4 is 10.0 Å². The first kappa shape index (κ1) is 11.9. The highest BCUT2D eigenvalue weighted by atomic mass is 31.1. The zero-order chi connectivity index (χ0) is 12.1. The summed E-state index contributed by atoms with van der Waals surface area (Å²) in [5.74, 6) is 0.787. The Morgan fingerprint density at radius 2 is 1.82 bits per heavy atom. The molecule has 17 heavy (non-hydrogen) atoms. The topological polar surface area (TPSA) is 46.5 Å². The third-order valence-corrected chi connectivity index (χ3v) is 3.13. The van der Waals surface area contributed by atoms with Gasteiger partial charge in [-0.1, -0.05) is 30.3 Å². The standard InChI is InChI=1S/C13H13O3P/c14-17(15)13-8-4-5-11(9-13)10-16-12-6-2-1-3-7-12/h1-9,17H,10H2,(H,14,15). The minimum Gasteiger partial charge on any atom is -0.489 e. The Hall–Kier alpha value is -1.57. The van der Waals surface area contributed by atoms with Crippen LogP contribution in [-0.2, 0) is 11.2 Å². The molecule has 2 rings (SSSR count). The van der Waals surface area contributed by atoms with E-state index in [0.717, 1.165) is 11.3 Å². The number of ether oxygens (including phenoxy) is 1. The second-order valence-corrected chi connectivity index (χ2v) is 4.79. The third-order valence-electron chi connectivity index (χ3n) is 2.32. The summed E-state index contributed by atoms with van der Waals surface area (Å²) in [7, 11) is -2.62. The van der Waals surface area contributed by atoms with Gasteiger partial charge in [-0.15, -0.1) is 0 Å². The van der Waals surface area contributed by atoms with Gasteiger partial charge in [0.2, 0.25) is 8.03 Å². The molecule has 2 aromatic carbocycles. The van der Waals surface area contributed by atoms with Gasteiger partial charge >= 0.3 is 0 Å². The fourth-order valence-electron chi connectivity index (χ4n) is 1.48. The van der Waals surface area contributed by atoms with Gasteiger partial charge in [-0.2, -0.15) is 0 Å². The zero-order valence-corrected chi connectivity index (χ0v) is 10.2. The summed E-state index contributed by atoms with van der Waals surface area (Å²) in [6.07, 6.45) is 0. The monoisotopic (exact) mass is 248 g/mol. The summed E-state index contributed by atoms with van der Waals surface area (Å²) in [6, 6.07) is 16.5. The molecular formula is C13H13O3P. The van der Waals surface area contributed by atoms with E-state index in [1.54, 1.807) is 18.2 Å². The van der Waals surface area contributed by atoms with Crippen LogP contribution in [0.2, 0.25) is 0 Å². The fraction of sp³-hybridized carbons (Fsp3) is 0.0769. The lowest BCUT2D eigenvalue weighted by Gasteiger charge is -2.06. The van der Waals surface area contributed by atoms with Crippen molar-refractivity contribution in [1.29, 1.82) is 0 Å². The highest BCUT2D eigenvalue weighted by molar-refractivity contribution is 7.47. The third kappa shape index (κ3) is 3.45. The molecule has 2 aromatic rings. The summed E-state index contributed by atoms with van der Waals surface area (Å²) in [5.41, 5.74) is 0.888. The maximum Gasteiger partial charge on any atom is 0.218 e. The predicted molar refractivity (Wildman–Crippen MR) is 68.1 cm³/mol. The molecule has 0 aliphatic carbocycles. The van der Waals surface area contributed by atoms with E-state index in [2.05, 4.69) is 0 Å². The smallest absolute Gasteiger partial charge is 0.218 e. The molecule has 1 atom stereocenters. The van der Waals surface area contributed by atoms with E-state index in [1.807, 2.05) is 36.4 Å². The van der Waals surface area contributed by atoms with Crippen molar-refractivity contribution in [3.8, 4) is 5.75 Å². The van der Waals surface area contributed by atoms with Gasteiger partial charge in [-0.3, -0.25) is 4.57 Å². The lowest BCUT2D eigenvalue weighted by Crippen LogP contribution is -2.01. The van der Waals surface area contributed by atoms with Crippen molar-refractivity contribution in [2.24, 2.45) is 0 Å². The summed E-state index contributed by atoms with van der Waals surface area (Å²) < 4.78 is 16.5. The lowest BCUT2D eigenvalue weighted by atomic mass is 10.2. The molecule has 88 valence electrons. The van der Waals surface area contributed by atoms with Crippen LogP contribution >= 0.6 is 8.03 Å². The second-order valence-electron chi connectivity index (χ2n) is 3.61. The van der Waals surface area contributed by atoms with Crippen molar-refractivity contribution in [3.05, 3.63) is 60.2 Å². The second kappa shape index (κ2) is 5.67. The number of hydrogen-bond donors (Lipinski definition) is 1. The average molecular weight is 248 g/mol. The van der Waals surface area contributed by atoms with Crippen LogP contribution in [0.1, 0.15) is 5.56 Å². The first-order valence-electron chi connectivity index (χ1n) is 5.26. The first-order valence-corrected chi connectivity index (χ1v) is 6.61. The van der Waals surface area contributed by atoms with Crippen LogP contribution in [0.5, 0.6) is 5.75 Å². The van der Waals surface area contributed by atoms with Crippen molar-refractivity contribution in [2.75, 3.05) is 0 Å². The minimum absolute atomic E-state index is 0.396. The zero-order valence-electron chi connectivity index (χ0n) is 9.17. The molecule has 3 nitrogen and oxygen atoms in total. The lowest BCUT2D eigenvalue weighted by molar-refractivity contribution is 0.306. The highest BCUT2D eigenvalue weighted by Crippen LogP contribution is 2.15. The SMILES string of the molecule is O=[PH](O)c1cccc(COc2ccccc2)c1. The summed E-state index contributed by atoms with van der Waals surface area (Å²) >= 11 is 0. The van der Waals surface area contributed by atoms with Gasteiger partial charge in [0, 0.05) is 5.30 Å². The van der Waals surface area contributed by atoms with E-state index >= 15 is 0 Å². The molecule has 1 unspecified atom stereocenters. The van der Waals surface area contributed by atoms with Crippen molar-refractivity contribution in [3.63, 3.8) is 0 Å². The van der Waals surface area contributed by atoms with Gasteiger partial charge in [0.15, 0.2) is 0 Å². The number of para-hydroxylation sites is 1. The Balaban J connectivity index is 2.04. The Morgan fingerprint density at radius 3 is 2.53 bits per heavy atom. The van der Waals surface area contributed by atoms with Crippen LogP contribution in [-0.4, -0.2) is 4.89 Å². The molecule has 1 N–H and O–H groups in total. The minimum atomic E-state index is -2.62. The normalized spacial score (nSPS) is 12.1. The van der Waals surface area contributed by atoms with E-state index < -0.39 is 8.03 Å². The summed E-state index contributed by atoms with van der Waals surface area (Å²) in [6.45, 7) is 0.396. The molecule has 0 aromatic heterocycles. The van der Waals surface area contributed by atoms with Crippen LogP contribution in [0.25, 0.3) is 0 Å². The average Bonchev–Trinajstić information content (AvgIpc) is 2.38. The van der Waals surface area contributed by atoms with Crippen molar-refractivity contribution in [2.45, 2.75) is 6.61 Å². The van der Waals surface area contributed by atoms with E-state index in [-0.39, 0.29) is 0 Å². The van der Waals surface area contributed by atoms with Gasteiger partial charge < -0.3 is 9.63 Å². The van der Waals surface area contributed by atoms with E-state index in [4.69, 9.17) is 9.63 Å². The molecule has 0 amide bonds. The van der Waals surface area contributed by atoms with Crippen LogP contribution in [0.3, 0.4) is 0 Å². The predicted octanol–water partition coefficient (Wildman–Crippen LogP) is 2.36. The van der Waals surface area contributed by atoms with Crippen molar-refractivity contribution < 1.29 is 14.2 Å². The molecule has 0 spiro atoms. The molecular weight excluding hydrogens is 235 g/mol. The van der Waals surface area contributed by atoms with Crippen LogP contribution in [0, 0.1) is 0 Å². The van der Waals surface area contributed by atoms with Gasteiger partial charge in [-0.25, -0.2) is 0 Å². The largest absolute Gasteiger partial charge is 0.489 e. The fourth-order valence-corrected chi connectivity index (χ4v) is 2.03. The maximum atomic E-state index is 11.0. The molecule has 0 aliphatic rings. The quantitative estimate of drug-likeness (QED) is 0.845. The molecule has 4 heteroatoms. The molecule has 0 heterocycles. The van der Waals surface area contributed by atoms with E-state index in [1.165, 1.54) is 0 Å². The molecule has 0 aliphatic heterocycles. The van der Waals surface area contributed by atoms with E-state index in [9.17, 15) is 4.57 Å². The van der Waals surface area contributed by atoms with Crippen LogP contribution in [0.15, 0.2) is 54.6 Å². The summed E-state index contributed by atoms with van der Waals surface area (Å²) in [5, 5.41) is 0.462.